The normalized spacial score (nSPS) is 28.9. The maximum Gasteiger partial charge on any atom is 0.229 e. The molecule has 5 N–H and O–H groups in total. The van der Waals surface area contributed by atoms with Crippen molar-refractivity contribution >= 4 is 5.76 Å². The van der Waals surface area contributed by atoms with Crippen molar-refractivity contribution in [2.75, 3.05) is 19.8 Å². The fourth-order valence-electron chi connectivity index (χ4n) is 3.21. The molecule has 2 aliphatic heterocycles. The fraction of sp³-hybridized carbons (Fsp3) is 0.524. The molecule has 9 heteroatoms. The van der Waals surface area contributed by atoms with E-state index in [0.717, 1.165) is 12.8 Å². The lowest BCUT2D eigenvalue weighted by atomic mass is 9.99. The van der Waals surface area contributed by atoms with E-state index in [1.807, 2.05) is 6.08 Å². The first-order valence-electron chi connectivity index (χ1n) is 9.90. The van der Waals surface area contributed by atoms with Crippen molar-refractivity contribution in [1.29, 1.82) is 0 Å². The minimum atomic E-state index is -1.59. The van der Waals surface area contributed by atoms with E-state index < -0.39 is 37.3 Å². The van der Waals surface area contributed by atoms with Crippen LogP contribution in [0.5, 0.6) is 11.5 Å². The molecule has 1 aromatic carbocycles. The Balaban J connectivity index is 1.73. The predicted molar refractivity (Wildman–Crippen MR) is 106 cm³/mol. The highest BCUT2D eigenvalue weighted by Crippen LogP contribution is 2.38. The summed E-state index contributed by atoms with van der Waals surface area (Å²) in [4.78, 5) is 0. The van der Waals surface area contributed by atoms with Crippen molar-refractivity contribution in [3.8, 4) is 11.5 Å². The van der Waals surface area contributed by atoms with Gasteiger partial charge in [0.2, 0.25) is 6.29 Å². The van der Waals surface area contributed by atoms with Crippen LogP contribution < -0.4 is 9.47 Å². The molecule has 30 heavy (non-hydrogen) atoms. The summed E-state index contributed by atoms with van der Waals surface area (Å²) < 4.78 is 22.2. The number of fused-ring (bicyclic) bond motifs is 1. The molecule has 0 saturated carbocycles. The molecular formula is C21H28O9. The zero-order valence-corrected chi connectivity index (χ0v) is 16.7. The number of allylic oxidation sites excluding steroid dienone is 1. The molecule has 1 saturated heterocycles. The van der Waals surface area contributed by atoms with Crippen LogP contribution in [-0.2, 0) is 9.47 Å². The number of benzene rings is 1. The van der Waals surface area contributed by atoms with Crippen LogP contribution in [0.1, 0.15) is 25.3 Å². The molecule has 9 nitrogen and oxygen atoms in total. The maximum absolute atomic E-state index is 10.3. The summed E-state index contributed by atoms with van der Waals surface area (Å²) in [6, 6.07) is 5.00. The molecule has 0 unspecified atom stereocenters. The second-order valence-corrected chi connectivity index (χ2v) is 7.05. The molecular weight excluding hydrogens is 396 g/mol. The highest BCUT2D eigenvalue weighted by molar-refractivity contribution is 5.70. The van der Waals surface area contributed by atoms with Gasteiger partial charge in [-0.25, -0.2) is 0 Å². The number of hydrogen-bond donors (Lipinski definition) is 5. The van der Waals surface area contributed by atoms with Crippen LogP contribution in [0, 0.1) is 0 Å². The third kappa shape index (κ3) is 4.88. The van der Waals surface area contributed by atoms with Gasteiger partial charge >= 0.3 is 0 Å². The van der Waals surface area contributed by atoms with E-state index >= 15 is 0 Å². The van der Waals surface area contributed by atoms with Crippen LogP contribution >= 0.6 is 0 Å². The number of rotatable bonds is 8. The van der Waals surface area contributed by atoms with E-state index in [0.29, 0.717) is 23.7 Å². The van der Waals surface area contributed by atoms with Gasteiger partial charge in [-0.15, -0.1) is 0 Å². The van der Waals surface area contributed by atoms with Crippen LogP contribution in [0.15, 0.2) is 36.1 Å². The zero-order valence-electron chi connectivity index (χ0n) is 16.7. The Morgan fingerprint density at radius 3 is 2.67 bits per heavy atom. The van der Waals surface area contributed by atoms with Crippen LogP contribution in [0.2, 0.25) is 0 Å². The summed E-state index contributed by atoms with van der Waals surface area (Å²) in [5.41, 5.74) is 0.411. The highest BCUT2D eigenvalue weighted by Gasteiger charge is 2.45. The lowest BCUT2D eigenvalue weighted by Crippen LogP contribution is -2.59. The van der Waals surface area contributed by atoms with Crippen molar-refractivity contribution in [3.63, 3.8) is 0 Å². The van der Waals surface area contributed by atoms with Gasteiger partial charge in [0.25, 0.3) is 0 Å². The SMILES string of the molecule is CCC=CCCOc1ccc2c(c1)OCC(O)=C2O[C@@H]1O[C@H](CO)[C@H](O)[C@H](O)[C@H]1O. The second kappa shape index (κ2) is 10.1. The Bertz CT molecular complexity index is 774. The van der Waals surface area contributed by atoms with Crippen molar-refractivity contribution in [1.82, 2.24) is 0 Å². The van der Waals surface area contributed by atoms with E-state index in [1.165, 1.54) is 0 Å². The average Bonchev–Trinajstić information content (AvgIpc) is 2.75. The van der Waals surface area contributed by atoms with Crippen molar-refractivity contribution in [2.24, 2.45) is 0 Å². The molecule has 0 bridgehead atoms. The van der Waals surface area contributed by atoms with Crippen LogP contribution in [0.3, 0.4) is 0 Å². The summed E-state index contributed by atoms with van der Waals surface area (Å²) in [7, 11) is 0. The van der Waals surface area contributed by atoms with Gasteiger partial charge in [0.05, 0.1) is 18.8 Å². The topological polar surface area (TPSA) is 138 Å². The molecule has 2 heterocycles. The fourth-order valence-corrected chi connectivity index (χ4v) is 3.21. The van der Waals surface area contributed by atoms with Gasteiger partial charge in [0.1, 0.15) is 42.5 Å². The number of hydrogen-bond acceptors (Lipinski definition) is 9. The lowest BCUT2D eigenvalue weighted by Gasteiger charge is -2.40. The first-order chi connectivity index (χ1) is 14.5. The molecule has 166 valence electrons. The Labute approximate surface area is 174 Å². The van der Waals surface area contributed by atoms with Crippen LogP contribution in [-0.4, -0.2) is 76.1 Å². The molecule has 0 aromatic heterocycles. The van der Waals surface area contributed by atoms with E-state index in [9.17, 15) is 25.5 Å². The van der Waals surface area contributed by atoms with Crippen molar-refractivity contribution in [2.45, 2.75) is 50.5 Å². The molecule has 0 aliphatic carbocycles. The van der Waals surface area contributed by atoms with Gasteiger partial charge in [-0.2, -0.15) is 0 Å². The minimum Gasteiger partial charge on any atom is -0.505 e. The largest absolute Gasteiger partial charge is 0.505 e. The first kappa shape index (κ1) is 22.4. The standard InChI is InChI=1S/C21H28O9/c1-2-3-4-5-8-27-12-6-7-13-15(9-12)28-11-14(23)20(13)30-21-19(26)18(25)17(24)16(10-22)29-21/h3-4,6-7,9,16-19,21-26H,2,5,8,10-11H2,1H3/t16-,17+,18+,19-,21+/m1/s1. The average molecular weight is 424 g/mol. The zero-order chi connectivity index (χ0) is 21.7. The van der Waals surface area contributed by atoms with E-state index in [1.54, 1.807) is 18.2 Å². The van der Waals surface area contributed by atoms with Gasteiger partial charge in [0, 0.05) is 6.07 Å². The molecule has 0 radical (unpaired) electrons. The molecule has 0 spiro atoms. The number of aliphatic hydroxyl groups excluding tert-OH is 5. The third-order valence-corrected chi connectivity index (χ3v) is 4.86. The van der Waals surface area contributed by atoms with Gasteiger partial charge < -0.3 is 44.5 Å². The number of ether oxygens (including phenoxy) is 4. The summed E-state index contributed by atoms with van der Waals surface area (Å²) in [5, 5.41) is 49.6. The van der Waals surface area contributed by atoms with E-state index in [4.69, 9.17) is 18.9 Å². The van der Waals surface area contributed by atoms with Crippen LogP contribution in [0.25, 0.3) is 5.76 Å². The van der Waals surface area contributed by atoms with Crippen molar-refractivity contribution < 1.29 is 44.5 Å². The quantitative estimate of drug-likeness (QED) is 0.304. The Morgan fingerprint density at radius 2 is 1.93 bits per heavy atom. The Hall–Kier alpha value is -2.30. The van der Waals surface area contributed by atoms with Crippen LogP contribution in [0.4, 0.5) is 0 Å². The van der Waals surface area contributed by atoms with Crippen molar-refractivity contribution in [3.05, 3.63) is 41.7 Å². The smallest absolute Gasteiger partial charge is 0.229 e. The second-order valence-electron chi connectivity index (χ2n) is 7.05. The summed E-state index contributed by atoms with van der Waals surface area (Å²) in [6.45, 7) is 1.82. The van der Waals surface area contributed by atoms with E-state index in [-0.39, 0.29) is 18.1 Å². The maximum atomic E-state index is 10.3. The van der Waals surface area contributed by atoms with Gasteiger partial charge in [-0.1, -0.05) is 19.1 Å². The Morgan fingerprint density at radius 1 is 1.13 bits per heavy atom. The van der Waals surface area contributed by atoms with E-state index in [2.05, 4.69) is 13.0 Å². The monoisotopic (exact) mass is 424 g/mol. The third-order valence-electron chi connectivity index (χ3n) is 4.86. The summed E-state index contributed by atoms with van der Waals surface area (Å²) >= 11 is 0. The number of aliphatic hydroxyl groups is 5. The summed E-state index contributed by atoms with van der Waals surface area (Å²) in [5.74, 6) is 0.789. The first-order valence-corrected chi connectivity index (χ1v) is 9.90. The Kier molecular flexibility index (Phi) is 7.57. The molecule has 1 aromatic rings. The molecule has 1 fully saturated rings. The molecule has 5 atom stereocenters. The van der Waals surface area contributed by atoms with Gasteiger partial charge in [0.15, 0.2) is 11.5 Å². The molecule has 2 aliphatic rings. The predicted octanol–water partition coefficient (Wildman–Crippen LogP) is 0.857. The lowest BCUT2D eigenvalue weighted by molar-refractivity contribution is -0.284. The minimum absolute atomic E-state index is 0.0120. The van der Waals surface area contributed by atoms with Gasteiger partial charge in [-0.05, 0) is 25.0 Å². The van der Waals surface area contributed by atoms with Gasteiger partial charge in [-0.3, -0.25) is 0 Å². The molecule has 3 rings (SSSR count). The summed E-state index contributed by atoms with van der Waals surface area (Å²) in [6.07, 6.45) is -1.34. The highest BCUT2D eigenvalue weighted by atomic mass is 16.7. The molecule has 0 amide bonds.